The van der Waals surface area contributed by atoms with Crippen molar-refractivity contribution in [2.45, 2.75) is 45.5 Å². The molecule has 2 aromatic rings. The summed E-state index contributed by atoms with van der Waals surface area (Å²) >= 11 is 1.47. The first-order valence-electron chi connectivity index (χ1n) is 8.98. The highest BCUT2D eigenvalue weighted by molar-refractivity contribution is 7.13. The van der Waals surface area contributed by atoms with Gasteiger partial charge >= 0.3 is 5.97 Å². The van der Waals surface area contributed by atoms with Crippen molar-refractivity contribution < 1.29 is 18.7 Å². The van der Waals surface area contributed by atoms with E-state index in [9.17, 15) is 4.79 Å². The molecule has 0 atom stereocenters. The van der Waals surface area contributed by atoms with Crippen LogP contribution in [-0.2, 0) is 20.5 Å². The highest BCUT2D eigenvalue weighted by Gasteiger charge is 2.37. The van der Waals surface area contributed by atoms with Crippen LogP contribution in [0.25, 0.3) is 0 Å². The average molecular weight is 424 g/mol. The largest absolute Gasteiger partial charge is 0.465 e. The SMILES string of the molecule is COCN(c1cc(C(=O)OC)cc(CO[Si](C)(C)C(C)(C)C)n1)c1nccs1. The summed E-state index contributed by atoms with van der Waals surface area (Å²) in [5.74, 6) is 0.141. The molecule has 0 aliphatic carbocycles. The number of ether oxygens (including phenoxy) is 2. The second-order valence-electron chi connectivity index (χ2n) is 7.91. The molecule has 0 spiro atoms. The van der Waals surface area contributed by atoms with Gasteiger partial charge in [0.2, 0.25) is 0 Å². The van der Waals surface area contributed by atoms with Crippen molar-refractivity contribution in [2.75, 3.05) is 25.9 Å². The van der Waals surface area contributed by atoms with E-state index < -0.39 is 14.3 Å². The number of esters is 1. The fourth-order valence-electron chi connectivity index (χ4n) is 2.19. The average Bonchev–Trinajstić information content (AvgIpc) is 3.17. The molecule has 0 radical (unpaired) electrons. The molecular weight excluding hydrogens is 394 g/mol. The number of thiazole rings is 1. The van der Waals surface area contributed by atoms with Crippen molar-refractivity contribution in [3.05, 3.63) is 35.0 Å². The Labute approximate surface area is 171 Å². The minimum absolute atomic E-state index is 0.0821. The fourth-order valence-corrected chi connectivity index (χ4v) is 3.77. The summed E-state index contributed by atoms with van der Waals surface area (Å²) in [6.07, 6.45) is 1.72. The summed E-state index contributed by atoms with van der Waals surface area (Å²) < 4.78 is 16.5. The Hall–Kier alpha value is -1.81. The number of carbonyl (C=O) groups excluding carboxylic acids is 1. The summed E-state index contributed by atoms with van der Waals surface area (Å²) in [5, 5.41) is 2.69. The lowest BCUT2D eigenvalue weighted by atomic mass is 10.2. The van der Waals surface area contributed by atoms with Crippen molar-refractivity contribution in [1.29, 1.82) is 0 Å². The van der Waals surface area contributed by atoms with Crippen molar-refractivity contribution in [2.24, 2.45) is 0 Å². The number of pyridine rings is 1. The number of nitrogens with zero attached hydrogens (tertiary/aromatic N) is 3. The minimum Gasteiger partial charge on any atom is -0.465 e. The summed E-state index contributed by atoms with van der Waals surface area (Å²) in [5.41, 5.74) is 1.08. The molecule has 2 heterocycles. The molecule has 0 N–H and O–H groups in total. The molecule has 7 nitrogen and oxygen atoms in total. The maximum atomic E-state index is 12.2. The number of anilines is 2. The van der Waals surface area contributed by atoms with E-state index in [1.165, 1.54) is 18.4 Å². The lowest BCUT2D eigenvalue weighted by molar-refractivity contribution is 0.0600. The predicted molar refractivity (Wildman–Crippen MR) is 114 cm³/mol. The molecule has 28 heavy (non-hydrogen) atoms. The molecule has 0 aliphatic rings. The molecule has 2 aromatic heterocycles. The highest BCUT2D eigenvalue weighted by Crippen LogP contribution is 2.37. The minimum atomic E-state index is -1.96. The molecule has 0 saturated heterocycles. The predicted octanol–water partition coefficient (Wildman–Crippen LogP) is 4.59. The van der Waals surface area contributed by atoms with Crippen LogP contribution in [0, 0.1) is 0 Å². The van der Waals surface area contributed by atoms with E-state index in [0.717, 1.165) is 5.13 Å². The molecular formula is C19H29N3O4SSi. The molecule has 0 unspecified atom stereocenters. The van der Waals surface area contributed by atoms with Crippen LogP contribution < -0.4 is 4.90 Å². The molecule has 0 saturated carbocycles. The molecule has 0 amide bonds. The van der Waals surface area contributed by atoms with Crippen molar-refractivity contribution in [1.82, 2.24) is 9.97 Å². The van der Waals surface area contributed by atoms with E-state index >= 15 is 0 Å². The number of hydrogen-bond acceptors (Lipinski definition) is 8. The monoisotopic (exact) mass is 423 g/mol. The zero-order valence-electron chi connectivity index (χ0n) is 17.6. The number of aromatic nitrogens is 2. The number of hydrogen-bond donors (Lipinski definition) is 0. The van der Waals surface area contributed by atoms with E-state index in [1.54, 1.807) is 25.4 Å². The number of methoxy groups -OCH3 is 2. The van der Waals surface area contributed by atoms with Crippen LogP contribution in [0.4, 0.5) is 10.9 Å². The molecule has 0 aromatic carbocycles. The van der Waals surface area contributed by atoms with Crippen molar-refractivity contribution in [3.63, 3.8) is 0 Å². The Morgan fingerprint density at radius 2 is 1.96 bits per heavy atom. The fraction of sp³-hybridized carbons (Fsp3) is 0.526. The van der Waals surface area contributed by atoms with Crippen LogP contribution in [0.2, 0.25) is 18.1 Å². The lowest BCUT2D eigenvalue weighted by Gasteiger charge is -2.36. The van der Waals surface area contributed by atoms with Gasteiger partial charge in [-0.2, -0.15) is 0 Å². The third-order valence-corrected chi connectivity index (χ3v) is 10.1. The third kappa shape index (κ3) is 5.37. The standard InChI is InChI=1S/C19H29N3O4SSi/c1-19(2,3)28(6,7)26-12-15-10-14(17(23)25-5)11-16(21-15)22(13-24-4)18-20-8-9-27-18/h8-11H,12-13H2,1-7H3. The molecule has 0 bridgehead atoms. The van der Waals surface area contributed by atoms with E-state index in [0.29, 0.717) is 23.7 Å². The first-order chi connectivity index (χ1) is 13.1. The van der Waals surface area contributed by atoms with Gasteiger partial charge in [-0.3, -0.25) is 4.90 Å². The Bertz CT molecular complexity index is 791. The van der Waals surface area contributed by atoms with Crippen LogP contribution >= 0.6 is 11.3 Å². The van der Waals surface area contributed by atoms with E-state index in [4.69, 9.17) is 18.9 Å². The van der Waals surface area contributed by atoms with Crippen molar-refractivity contribution >= 4 is 36.6 Å². The highest BCUT2D eigenvalue weighted by atomic mass is 32.1. The number of rotatable bonds is 8. The first-order valence-corrected chi connectivity index (χ1v) is 12.8. The van der Waals surface area contributed by atoms with Crippen LogP contribution in [0.15, 0.2) is 23.7 Å². The Balaban J connectivity index is 2.40. The van der Waals surface area contributed by atoms with Gasteiger partial charge in [0.25, 0.3) is 0 Å². The van der Waals surface area contributed by atoms with Crippen molar-refractivity contribution in [3.8, 4) is 0 Å². The summed E-state index contributed by atoms with van der Waals surface area (Å²) in [6.45, 7) is 11.5. The maximum Gasteiger partial charge on any atom is 0.338 e. The molecule has 9 heteroatoms. The van der Waals surface area contributed by atoms with E-state index in [2.05, 4.69) is 38.8 Å². The van der Waals surface area contributed by atoms with Gasteiger partial charge in [0.15, 0.2) is 13.4 Å². The Morgan fingerprint density at radius 3 is 2.50 bits per heavy atom. The van der Waals surface area contributed by atoms with Gasteiger partial charge in [-0.25, -0.2) is 14.8 Å². The second kappa shape index (κ2) is 9.12. The molecule has 154 valence electrons. The zero-order valence-corrected chi connectivity index (χ0v) is 19.4. The number of carbonyl (C=O) groups is 1. The van der Waals surface area contributed by atoms with Gasteiger partial charge in [-0.1, -0.05) is 20.8 Å². The van der Waals surface area contributed by atoms with Gasteiger partial charge in [0, 0.05) is 18.7 Å². The first kappa shape index (κ1) is 22.5. The van der Waals surface area contributed by atoms with Crippen LogP contribution in [0.3, 0.4) is 0 Å². The summed E-state index contributed by atoms with van der Waals surface area (Å²) in [7, 11) is 1.01. The smallest absolute Gasteiger partial charge is 0.338 e. The Morgan fingerprint density at radius 1 is 1.25 bits per heavy atom. The lowest BCUT2D eigenvalue weighted by Crippen LogP contribution is -2.40. The zero-order chi connectivity index (χ0) is 20.9. The topological polar surface area (TPSA) is 73.8 Å². The van der Waals surface area contributed by atoms with Gasteiger partial charge < -0.3 is 13.9 Å². The molecule has 0 fully saturated rings. The van der Waals surface area contributed by atoms with Gasteiger partial charge in [0.05, 0.1) is 25.0 Å². The van der Waals surface area contributed by atoms with Crippen LogP contribution in [0.5, 0.6) is 0 Å². The molecule has 2 rings (SSSR count). The summed E-state index contributed by atoms with van der Waals surface area (Å²) in [4.78, 5) is 23.1. The summed E-state index contributed by atoms with van der Waals surface area (Å²) in [6, 6.07) is 3.40. The van der Waals surface area contributed by atoms with Gasteiger partial charge in [-0.05, 0) is 30.3 Å². The third-order valence-electron chi connectivity index (χ3n) is 4.86. The van der Waals surface area contributed by atoms with E-state index in [1.807, 2.05) is 10.3 Å². The second-order valence-corrected chi connectivity index (χ2v) is 13.6. The Kier molecular flexibility index (Phi) is 7.32. The van der Waals surface area contributed by atoms with Crippen LogP contribution in [0.1, 0.15) is 36.8 Å². The van der Waals surface area contributed by atoms with Gasteiger partial charge in [0.1, 0.15) is 12.5 Å². The van der Waals surface area contributed by atoms with Crippen LogP contribution in [-0.4, -0.2) is 45.2 Å². The maximum absolute atomic E-state index is 12.2. The molecule has 0 aliphatic heterocycles. The normalized spacial score (nSPS) is 12.1. The van der Waals surface area contributed by atoms with Gasteiger partial charge in [-0.15, -0.1) is 11.3 Å². The quantitative estimate of drug-likeness (QED) is 0.349. The van der Waals surface area contributed by atoms with E-state index in [-0.39, 0.29) is 11.8 Å².